The Morgan fingerprint density at radius 3 is 2.94 bits per heavy atom. The van der Waals surface area contributed by atoms with Crippen molar-refractivity contribution in [1.82, 2.24) is 19.7 Å². The van der Waals surface area contributed by atoms with Gasteiger partial charge in [-0.1, -0.05) is 0 Å². The van der Waals surface area contributed by atoms with Crippen LogP contribution in [0.4, 0.5) is 5.69 Å². The quantitative estimate of drug-likeness (QED) is 0.674. The average Bonchev–Trinajstić information content (AvgIpc) is 2.89. The number of nitrogens with zero attached hydrogens (tertiary/aromatic N) is 3. The number of nitrogen functional groups attached to an aromatic ring is 1. The minimum atomic E-state index is -0.672. The lowest BCUT2D eigenvalue weighted by molar-refractivity contribution is 0.0862. The molecule has 2 aromatic rings. The first-order valence-corrected chi connectivity index (χ1v) is 5.16. The van der Waals surface area contributed by atoms with Gasteiger partial charge in [0.1, 0.15) is 0 Å². The lowest BCUT2D eigenvalue weighted by Gasteiger charge is -2.08. The van der Waals surface area contributed by atoms with Gasteiger partial charge in [-0.15, -0.1) is 0 Å². The largest absolute Gasteiger partial charge is 0.396 e. The number of aryl methyl sites for hydroxylation is 1. The molecule has 0 saturated carbocycles. The summed E-state index contributed by atoms with van der Waals surface area (Å²) >= 11 is 0. The molecule has 0 unspecified atom stereocenters. The van der Waals surface area contributed by atoms with E-state index in [1.807, 2.05) is 0 Å². The molecule has 0 saturated heterocycles. The molecular weight excluding hydrogens is 220 g/mol. The van der Waals surface area contributed by atoms with E-state index in [0.29, 0.717) is 17.8 Å². The van der Waals surface area contributed by atoms with E-state index < -0.39 is 6.04 Å². The van der Waals surface area contributed by atoms with E-state index in [4.69, 9.17) is 11.5 Å². The molecular formula is C10H14N6O. The van der Waals surface area contributed by atoms with Crippen molar-refractivity contribution >= 4 is 11.6 Å². The lowest BCUT2D eigenvalue weighted by atomic mass is 10.2. The maximum atomic E-state index is 11.9. The highest BCUT2D eigenvalue weighted by atomic mass is 16.2. The first-order valence-electron chi connectivity index (χ1n) is 5.16. The van der Waals surface area contributed by atoms with Crippen LogP contribution in [0.25, 0.3) is 0 Å². The molecule has 7 heteroatoms. The molecule has 0 amide bonds. The Balaban J connectivity index is 2.09. The maximum Gasteiger partial charge on any atom is 0.264 e. The Morgan fingerprint density at radius 1 is 1.65 bits per heavy atom. The molecule has 0 fully saturated rings. The number of H-pyrrole nitrogens is 1. The third kappa shape index (κ3) is 2.34. The Kier molecular flexibility index (Phi) is 2.92. The van der Waals surface area contributed by atoms with E-state index in [-0.39, 0.29) is 5.91 Å². The third-order valence-corrected chi connectivity index (χ3v) is 2.47. The summed E-state index contributed by atoms with van der Waals surface area (Å²) in [6.45, 7) is 1.74. The number of hydrogen-bond acceptors (Lipinski definition) is 5. The number of aromatic amines is 1. The van der Waals surface area contributed by atoms with Gasteiger partial charge >= 0.3 is 0 Å². The average molecular weight is 234 g/mol. The van der Waals surface area contributed by atoms with E-state index in [1.54, 1.807) is 19.4 Å². The van der Waals surface area contributed by atoms with Gasteiger partial charge in [-0.05, 0) is 6.92 Å². The van der Waals surface area contributed by atoms with Crippen LogP contribution in [0.15, 0.2) is 18.7 Å². The topological polar surface area (TPSA) is 116 Å². The third-order valence-electron chi connectivity index (χ3n) is 2.47. The normalized spacial score (nSPS) is 12.6. The van der Waals surface area contributed by atoms with E-state index in [2.05, 4.69) is 15.1 Å². The van der Waals surface area contributed by atoms with Crippen molar-refractivity contribution in [2.75, 3.05) is 5.73 Å². The van der Waals surface area contributed by atoms with E-state index in [1.165, 1.54) is 10.9 Å². The Labute approximate surface area is 97.8 Å². The number of nitrogens with one attached hydrogen (secondary N) is 1. The highest BCUT2D eigenvalue weighted by molar-refractivity contribution is 5.84. The van der Waals surface area contributed by atoms with Crippen molar-refractivity contribution in [3.8, 4) is 0 Å². The highest BCUT2D eigenvalue weighted by Gasteiger charge is 2.18. The molecule has 2 rings (SSSR count). The summed E-state index contributed by atoms with van der Waals surface area (Å²) in [5.41, 5.74) is 13.3. The van der Waals surface area contributed by atoms with Gasteiger partial charge < -0.3 is 16.5 Å². The van der Waals surface area contributed by atoms with Crippen LogP contribution < -0.4 is 11.5 Å². The summed E-state index contributed by atoms with van der Waals surface area (Å²) in [5, 5.41) is 4.00. The van der Waals surface area contributed by atoms with Crippen LogP contribution in [0.3, 0.4) is 0 Å². The zero-order valence-electron chi connectivity index (χ0n) is 9.42. The summed E-state index contributed by atoms with van der Waals surface area (Å²) in [7, 11) is 0. The lowest BCUT2D eigenvalue weighted by Crippen LogP contribution is -2.37. The monoisotopic (exact) mass is 234 g/mol. The van der Waals surface area contributed by atoms with E-state index in [0.717, 1.165) is 5.69 Å². The van der Waals surface area contributed by atoms with Crippen LogP contribution in [0.2, 0.25) is 0 Å². The smallest absolute Gasteiger partial charge is 0.264 e. The highest BCUT2D eigenvalue weighted by Crippen LogP contribution is 2.08. The molecule has 1 atom stereocenters. The van der Waals surface area contributed by atoms with Crippen molar-refractivity contribution in [2.45, 2.75) is 19.4 Å². The molecule has 0 aliphatic carbocycles. The Morgan fingerprint density at radius 2 is 2.41 bits per heavy atom. The van der Waals surface area contributed by atoms with Gasteiger partial charge in [-0.2, -0.15) is 5.10 Å². The number of hydrogen-bond donors (Lipinski definition) is 3. The van der Waals surface area contributed by atoms with Crippen LogP contribution in [-0.4, -0.2) is 31.7 Å². The fraction of sp³-hybridized carbons (Fsp3) is 0.300. The van der Waals surface area contributed by atoms with Gasteiger partial charge in [0.05, 0.1) is 29.9 Å². The van der Waals surface area contributed by atoms with Crippen molar-refractivity contribution in [3.63, 3.8) is 0 Å². The number of carbonyl (C=O) groups is 1. The van der Waals surface area contributed by atoms with Gasteiger partial charge in [0.25, 0.3) is 5.91 Å². The number of rotatable bonds is 3. The molecule has 2 heterocycles. The molecule has 0 aromatic carbocycles. The number of aromatic nitrogens is 4. The standard InChI is InChI=1S/C10H14N6O/c1-6-9(12)4-16(15-6)10(17)8(11)2-7-3-13-5-14-7/h3-5,8H,2,11-12H2,1H3,(H,13,14)/t8-/m0/s1. The number of carbonyl (C=O) groups excluding carboxylic acids is 1. The van der Waals surface area contributed by atoms with Crippen LogP contribution >= 0.6 is 0 Å². The zero-order valence-corrected chi connectivity index (χ0v) is 9.42. The zero-order chi connectivity index (χ0) is 12.4. The molecule has 5 N–H and O–H groups in total. The van der Waals surface area contributed by atoms with Crippen LogP contribution in [-0.2, 0) is 6.42 Å². The second-order valence-corrected chi connectivity index (χ2v) is 3.84. The SMILES string of the molecule is Cc1nn(C(=O)[C@@H](N)Cc2cnc[nH]2)cc1N. The summed E-state index contributed by atoms with van der Waals surface area (Å²) in [6, 6.07) is -0.672. The van der Waals surface area contributed by atoms with E-state index in [9.17, 15) is 4.79 Å². The van der Waals surface area contributed by atoms with Crippen molar-refractivity contribution in [1.29, 1.82) is 0 Å². The number of nitrogens with two attached hydrogens (primary N) is 2. The number of anilines is 1. The van der Waals surface area contributed by atoms with Gasteiger partial charge in [-0.3, -0.25) is 4.79 Å². The summed E-state index contributed by atoms with van der Waals surface area (Å²) in [6.07, 6.45) is 5.04. The van der Waals surface area contributed by atoms with Gasteiger partial charge in [-0.25, -0.2) is 9.67 Å². The minimum Gasteiger partial charge on any atom is -0.396 e. The molecule has 0 radical (unpaired) electrons. The fourth-order valence-corrected chi connectivity index (χ4v) is 1.48. The summed E-state index contributed by atoms with van der Waals surface area (Å²) in [4.78, 5) is 18.7. The molecule has 17 heavy (non-hydrogen) atoms. The molecule has 2 aromatic heterocycles. The molecule has 0 bridgehead atoms. The molecule has 7 nitrogen and oxygen atoms in total. The molecule has 0 spiro atoms. The van der Waals surface area contributed by atoms with Crippen molar-refractivity contribution < 1.29 is 4.79 Å². The van der Waals surface area contributed by atoms with Gasteiger partial charge in [0.15, 0.2) is 0 Å². The summed E-state index contributed by atoms with van der Waals surface area (Å²) < 4.78 is 1.19. The van der Waals surface area contributed by atoms with Crippen LogP contribution in [0.5, 0.6) is 0 Å². The van der Waals surface area contributed by atoms with Gasteiger partial charge in [0, 0.05) is 18.3 Å². The maximum absolute atomic E-state index is 11.9. The van der Waals surface area contributed by atoms with Crippen molar-refractivity contribution in [3.05, 3.63) is 30.1 Å². The molecule has 90 valence electrons. The van der Waals surface area contributed by atoms with Gasteiger partial charge in [0.2, 0.25) is 0 Å². The second kappa shape index (κ2) is 4.38. The van der Waals surface area contributed by atoms with Crippen molar-refractivity contribution in [2.24, 2.45) is 5.73 Å². The molecule has 0 aliphatic heterocycles. The minimum absolute atomic E-state index is 0.292. The van der Waals surface area contributed by atoms with Crippen LogP contribution in [0.1, 0.15) is 16.2 Å². The Hall–Kier alpha value is -2.15. The number of imidazole rings is 1. The predicted octanol–water partition coefficient (Wildman–Crippen LogP) is -0.293. The first kappa shape index (κ1) is 11.3. The molecule has 0 aliphatic rings. The second-order valence-electron chi connectivity index (χ2n) is 3.84. The first-order chi connectivity index (χ1) is 8.08. The predicted molar refractivity (Wildman–Crippen MR) is 62.3 cm³/mol. The van der Waals surface area contributed by atoms with E-state index >= 15 is 0 Å². The van der Waals surface area contributed by atoms with Crippen LogP contribution in [0, 0.1) is 6.92 Å². The summed E-state index contributed by atoms with van der Waals surface area (Å²) in [5.74, 6) is -0.292. The fourth-order valence-electron chi connectivity index (χ4n) is 1.48. The Bertz CT molecular complexity index is 495.